The van der Waals surface area contributed by atoms with E-state index < -0.39 is 5.97 Å². The van der Waals surface area contributed by atoms with Crippen molar-refractivity contribution in [1.29, 1.82) is 5.26 Å². The third kappa shape index (κ3) is 1.34. The molecule has 4 heteroatoms. The lowest BCUT2D eigenvalue weighted by molar-refractivity contribution is 0.0697. The number of aromatic carboxylic acids is 1. The summed E-state index contributed by atoms with van der Waals surface area (Å²) in [5, 5.41) is 18.2. The highest BCUT2D eigenvalue weighted by Crippen LogP contribution is 2.25. The summed E-state index contributed by atoms with van der Waals surface area (Å²) in [6, 6.07) is 8.59. The molecule has 0 saturated heterocycles. The zero-order valence-corrected chi connectivity index (χ0v) is 7.84. The van der Waals surface area contributed by atoms with Gasteiger partial charge in [-0.15, -0.1) is 11.3 Å². The first-order valence-corrected chi connectivity index (χ1v) is 4.69. The Bertz CT molecular complexity index is 551. The van der Waals surface area contributed by atoms with Gasteiger partial charge < -0.3 is 5.11 Å². The van der Waals surface area contributed by atoms with Crippen LogP contribution in [-0.4, -0.2) is 11.1 Å². The first kappa shape index (κ1) is 8.73. The number of benzene rings is 1. The van der Waals surface area contributed by atoms with Crippen LogP contribution in [0.3, 0.4) is 0 Å². The van der Waals surface area contributed by atoms with Gasteiger partial charge in [0, 0.05) is 4.70 Å². The molecule has 1 aromatic heterocycles. The number of nitrogens with zero attached hydrogens (tertiary/aromatic N) is 1. The zero-order chi connectivity index (χ0) is 10.1. The number of hydrogen-bond donors (Lipinski definition) is 1. The quantitative estimate of drug-likeness (QED) is 0.774. The summed E-state index contributed by atoms with van der Waals surface area (Å²) >= 11 is 1.36. The predicted octanol–water partition coefficient (Wildman–Crippen LogP) is 2.47. The second-order valence-corrected chi connectivity index (χ2v) is 3.86. The average molecular weight is 203 g/mol. The Kier molecular flexibility index (Phi) is 1.95. The molecule has 68 valence electrons. The fourth-order valence-electron chi connectivity index (χ4n) is 1.23. The standard InChI is InChI=1S/C10H5NO2S/c11-5-8-4-7-3-6(10(12)13)1-2-9(7)14-8/h1-4H,(H,12,13). The Morgan fingerprint density at radius 1 is 1.43 bits per heavy atom. The highest BCUT2D eigenvalue weighted by molar-refractivity contribution is 7.19. The van der Waals surface area contributed by atoms with E-state index in [9.17, 15) is 4.79 Å². The topological polar surface area (TPSA) is 61.1 Å². The second-order valence-electron chi connectivity index (χ2n) is 2.78. The fourth-order valence-corrected chi connectivity index (χ4v) is 2.07. The van der Waals surface area contributed by atoms with Crippen LogP contribution in [0.2, 0.25) is 0 Å². The third-order valence-electron chi connectivity index (χ3n) is 1.87. The number of rotatable bonds is 1. The van der Waals surface area contributed by atoms with E-state index in [1.165, 1.54) is 11.3 Å². The van der Waals surface area contributed by atoms with Crippen LogP contribution in [-0.2, 0) is 0 Å². The van der Waals surface area contributed by atoms with Crippen molar-refractivity contribution < 1.29 is 9.90 Å². The fraction of sp³-hybridized carbons (Fsp3) is 0. The molecule has 0 spiro atoms. The molecule has 14 heavy (non-hydrogen) atoms. The Balaban J connectivity index is 2.66. The van der Waals surface area contributed by atoms with Gasteiger partial charge in [0.25, 0.3) is 0 Å². The highest BCUT2D eigenvalue weighted by Gasteiger charge is 2.06. The van der Waals surface area contributed by atoms with Gasteiger partial charge in [-0.2, -0.15) is 5.26 Å². The molecule has 1 heterocycles. The van der Waals surface area contributed by atoms with E-state index in [2.05, 4.69) is 0 Å². The number of carboxylic acids is 1. The minimum absolute atomic E-state index is 0.250. The second kappa shape index (κ2) is 3.13. The number of carbonyl (C=O) groups is 1. The molecule has 0 aliphatic heterocycles. The number of nitriles is 1. The average Bonchev–Trinajstić information content (AvgIpc) is 2.58. The van der Waals surface area contributed by atoms with Crippen molar-refractivity contribution in [1.82, 2.24) is 0 Å². The van der Waals surface area contributed by atoms with E-state index in [0.717, 1.165) is 10.1 Å². The van der Waals surface area contributed by atoms with Crippen molar-refractivity contribution in [3.05, 3.63) is 34.7 Å². The molecule has 0 radical (unpaired) electrons. The Hall–Kier alpha value is -1.86. The van der Waals surface area contributed by atoms with Gasteiger partial charge in [-0.05, 0) is 29.7 Å². The maximum atomic E-state index is 10.7. The first-order valence-electron chi connectivity index (χ1n) is 3.87. The lowest BCUT2D eigenvalue weighted by atomic mass is 10.2. The van der Waals surface area contributed by atoms with Gasteiger partial charge >= 0.3 is 5.97 Å². The van der Waals surface area contributed by atoms with Crippen LogP contribution in [0, 0.1) is 11.3 Å². The summed E-state index contributed by atoms with van der Waals surface area (Å²) in [7, 11) is 0. The summed E-state index contributed by atoms with van der Waals surface area (Å²) < 4.78 is 0.937. The molecule has 0 saturated carbocycles. The van der Waals surface area contributed by atoms with E-state index in [4.69, 9.17) is 10.4 Å². The van der Waals surface area contributed by atoms with Gasteiger partial charge in [-0.3, -0.25) is 0 Å². The summed E-state index contributed by atoms with van der Waals surface area (Å²) in [5.41, 5.74) is 0.250. The van der Waals surface area contributed by atoms with E-state index >= 15 is 0 Å². The molecular weight excluding hydrogens is 198 g/mol. The van der Waals surface area contributed by atoms with Crippen molar-refractivity contribution in [3.63, 3.8) is 0 Å². The maximum absolute atomic E-state index is 10.7. The Morgan fingerprint density at radius 3 is 2.86 bits per heavy atom. The van der Waals surface area contributed by atoms with Crippen molar-refractivity contribution in [2.24, 2.45) is 0 Å². The van der Waals surface area contributed by atoms with Gasteiger partial charge in [0.05, 0.1) is 5.56 Å². The number of carboxylic acid groups (broad SMARTS) is 1. The van der Waals surface area contributed by atoms with Gasteiger partial charge in [0.15, 0.2) is 0 Å². The van der Waals surface area contributed by atoms with Crippen LogP contribution in [0.15, 0.2) is 24.3 Å². The van der Waals surface area contributed by atoms with E-state index in [1.54, 1.807) is 24.3 Å². The lowest BCUT2D eigenvalue weighted by Gasteiger charge is -1.92. The molecule has 0 aliphatic carbocycles. The van der Waals surface area contributed by atoms with Crippen LogP contribution in [0.5, 0.6) is 0 Å². The number of hydrogen-bond acceptors (Lipinski definition) is 3. The third-order valence-corrected chi connectivity index (χ3v) is 2.89. The van der Waals surface area contributed by atoms with Crippen molar-refractivity contribution >= 4 is 27.4 Å². The molecule has 0 unspecified atom stereocenters. The van der Waals surface area contributed by atoms with Crippen molar-refractivity contribution in [3.8, 4) is 6.07 Å². The van der Waals surface area contributed by atoms with E-state index in [1.807, 2.05) is 6.07 Å². The van der Waals surface area contributed by atoms with Crippen LogP contribution in [0.4, 0.5) is 0 Å². The summed E-state index contributed by atoms with van der Waals surface area (Å²) in [4.78, 5) is 11.3. The van der Waals surface area contributed by atoms with Gasteiger partial charge in [-0.25, -0.2) is 4.79 Å². The monoisotopic (exact) mass is 203 g/mol. The summed E-state index contributed by atoms with van der Waals surface area (Å²) in [6.07, 6.45) is 0. The molecule has 0 aliphatic rings. The molecule has 1 N–H and O–H groups in total. The Labute approximate surface area is 83.8 Å². The molecule has 0 fully saturated rings. The molecule has 2 rings (SSSR count). The minimum atomic E-state index is -0.948. The summed E-state index contributed by atoms with van der Waals surface area (Å²) in [6.45, 7) is 0. The van der Waals surface area contributed by atoms with Crippen LogP contribution >= 0.6 is 11.3 Å². The first-order chi connectivity index (χ1) is 6.70. The van der Waals surface area contributed by atoms with Gasteiger partial charge in [-0.1, -0.05) is 0 Å². The van der Waals surface area contributed by atoms with Crippen molar-refractivity contribution in [2.45, 2.75) is 0 Å². The van der Waals surface area contributed by atoms with Crippen LogP contribution in [0.1, 0.15) is 15.2 Å². The van der Waals surface area contributed by atoms with E-state index in [0.29, 0.717) is 4.88 Å². The lowest BCUT2D eigenvalue weighted by Crippen LogP contribution is -1.94. The molecule has 0 bridgehead atoms. The van der Waals surface area contributed by atoms with Gasteiger partial charge in [0.1, 0.15) is 10.9 Å². The maximum Gasteiger partial charge on any atom is 0.335 e. The van der Waals surface area contributed by atoms with Crippen molar-refractivity contribution in [2.75, 3.05) is 0 Å². The number of thiophene rings is 1. The molecule has 0 amide bonds. The predicted molar refractivity (Wildman–Crippen MR) is 53.5 cm³/mol. The highest BCUT2D eigenvalue weighted by atomic mass is 32.1. The van der Waals surface area contributed by atoms with Crippen LogP contribution < -0.4 is 0 Å². The Morgan fingerprint density at radius 2 is 2.21 bits per heavy atom. The molecule has 1 aromatic carbocycles. The zero-order valence-electron chi connectivity index (χ0n) is 7.02. The van der Waals surface area contributed by atoms with Gasteiger partial charge in [0.2, 0.25) is 0 Å². The van der Waals surface area contributed by atoms with E-state index in [-0.39, 0.29) is 5.56 Å². The van der Waals surface area contributed by atoms with Crippen LogP contribution in [0.25, 0.3) is 10.1 Å². The molecular formula is C10H5NO2S. The number of fused-ring (bicyclic) bond motifs is 1. The largest absolute Gasteiger partial charge is 0.478 e. The summed E-state index contributed by atoms with van der Waals surface area (Å²) in [5.74, 6) is -0.948. The smallest absolute Gasteiger partial charge is 0.335 e. The minimum Gasteiger partial charge on any atom is -0.478 e. The molecule has 3 nitrogen and oxygen atoms in total. The normalized spacial score (nSPS) is 9.93. The molecule has 2 aromatic rings. The molecule has 0 atom stereocenters. The SMILES string of the molecule is N#Cc1cc2cc(C(=O)O)ccc2s1.